The molecule has 0 bridgehead atoms. The Hall–Kier alpha value is -2.40. The first-order chi connectivity index (χ1) is 11.5. The molecule has 0 saturated heterocycles. The number of aromatic carboxylic acids is 1. The van der Waals surface area contributed by atoms with Crippen LogP contribution in [-0.4, -0.2) is 55.8 Å². The number of aromatic nitrogens is 3. The Morgan fingerprint density at radius 3 is 3.00 bits per heavy atom. The number of aromatic amines is 1. The molecule has 11 heteroatoms. The fraction of sp³-hybridized carbons (Fsp3) is 0.308. The van der Waals surface area contributed by atoms with Crippen molar-refractivity contribution in [2.45, 2.75) is 17.5 Å². The first kappa shape index (κ1) is 16.5. The summed E-state index contributed by atoms with van der Waals surface area (Å²) in [5.41, 5.74) is 0.621. The molecule has 1 aliphatic rings. The zero-order chi connectivity index (χ0) is 17.3. The van der Waals surface area contributed by atoms with E-state index in [0.717, 1.165) is 0 Å². The van der Waals surface area contributed by atoms with Gasteiger partial charge in [0.1, 0.15) is 5.75 Å². The van der Waals surface area contributed by atoms with E-state index >= 15 is 0 Å². The van der Waals surface area contributed by atoms with Crippen molar-refractivity contribution >= 4 is 30.8 Å². The maximum Gasteiger partial charge on any atom is 0.547 e. The molecule has 2 heterocycles. The number of amides is 1. The first-order valence-electron chi connectivity index (χ1n) is 7.15. The van der Waals surface area contributed by atoms with Crippen LogP contribution in [0.3, 0.4) is 0 Å². The Balaban J connectivity index is 1.64. The third-order valence-corrected chi connectivity index (χ3v) is 4.64. The molecule has 0 saturated carbocycles. The summed E-state index contributed by atoms with van der Waals surface area (Å²) < 4.78 is 7.00. The maximum absolute atomic E-state index is 12.0. The van der Waals surface area contributed by atoms with Crippen LogP contribution in [-0.2, 0) is 18.3 Å². The quantitative estimate of drug-likeness (QED) is 0.429. The van der Waals surface area contributed by atoms with Gasteiger partial charge in [-0.15, -0.1) is 5.10 Å². The third-order valence-electron chi connectivity index (χ3n) is 3.61. The Kier molecular flexibility index (Phi) is 4.54. The zero-order valence-corrected chi connectivity index (χ0v) is 13.5. The first-order valence-corrected chi connectivity index (χ1v) is 8.13. The highest BCUT2D eigenvalue weighted by molar-refractivity contribution is 7.99. The molecule has 0 spiro atoms. The van der Waals surface area contributed by atoms with Crippen LogP contribution in [0.25, 0.3) is 0 Å². The minimum Gasteiger partial charge on any atom is -0.534 e. The molecule has 1 aromatic heterocycles. The molecule has 0 fully saturated rings. The van der Waals surface area contributed by atoms with E-state index in [9.17, 15) is 14.6 Å². The van der Waals surface area contributed by atoms with E-state index in [2.05, 4.69) is 15.6 Å². The van der Waals surface area contributed by atoms with E-state index in [-0.39, 0.29) is 29.4 Å². The predicted molar refractivity (Wildman–Crippen MR) is 85.9 cm³/mol. The molecule has 1 amide bonds. The number of carbonyl (C=O) groups is 2. The molecule has 9 nitrogen and oxygen atoms in total. The maximum atomic E-state index is 12.0. The summed E-state index contributed by atoms with van der Waals surface area (Å²) in [5.74, 6) is -1.75. The number of carbonyl (C=O) groups excluding carboxylic acids is 1. The van der Waals surface area contributed by atoms with Gasteiger partial charge in [0.15, 0.2) is 0 Å². The summed E-state index contributed by atoms with van der Waals surface area (Å²) in [7, 11) is 0.473. The van der Waals surface area contributed by atoms with Gasteiger partial charge in [-0.3, -0.25) is 9.48 Å². The highest BCUT2D eigenvalue weighted by Crippen LogP contribution is 2.30. The second-order valence-electron chi connectivity index (χ2n) is 5.33. The highest BCUT2D eigenvalue weighted by atomic mass is 32.2. The lowest BCUT2D eigenvalue weighted by atomic mass is 9.72. The molecular formula is C13H15BN4O5S. The largest absolute Gasteiger partial charge is 0.547 e. The van der Waals surface area contributed by atoms with Gasteiger partial charge in [0.2, 0.25) is 11.1 Å². The van der Waals surface area contributed by atoms with Crippen LogP contribution in [0.5, 0.6) is 5.75 Å². The lowest BCUT2D eigenvalue weighted by molar-refractivity contribution is -0.119. The number of nitrogens with zero attached hydrogens (tertiary/aromatic N) is 2. The molecule has 24 heavy (non-hydrogen) atoms. The van der Waals surface area contributed by atoms with E-state index in [0.29, 0.717) is 10.7 Å². The number of aryl methyl sites for hydroxylation is 1. The van der Waals surface area contributed by atoms with E-state index in [1.54, 1.807) is 23.9 Å². The van der Waals surface area contributed by atoms with Gasteiger partial charge >= 0.3 is 13.1 Å². The number of hydrogen-bond donors (Lipinski definition) is 4. The zero-order valence-electron chi connectivity index (χ0n) is 12.7. The second kappa shape index (κ2) is 6.61. The van der Waals surface area contributed by atoms with Crippen molar-refractivity contribution in [3.05, 3.63) is 29.3 Å². The Labute approximate surface area is 141 Å². The summed E-state index contributed by atoms with van der Waals surface area (Å²) in [5, 5.41) is 29.2. The van der Waals surface area contributed by atoms with Crippen LogP contribution in [0.2, 0.25) is 0 Å². The summed E-state index contributed by atoms with van der Waals surface area (Å²) in [6.07, 6.45) is 0.288. The number of fused-ring (bicyclic) bond motifs is 1. The summed E-state index contributed by atoms with van der Waals surface area (Å²) in [4.78, 5) is 23.2. The number of benzene rings is 1. The van der Waals surface area contributed by atoms with Crippen molar-refractivity contribution in [1.29, 1.82) is 0 Å². The van der Waals surface area contributed by atoms with Gasteiger partial charge in [-0.2, -0.15) is 0 Å². The molecule has 1 atom stereocenters. The van der Waals surface area contributed by atoms with Crippen molar-refractivity contribution in [2.24, 2.45) is 7.05 Å². The van der Waals surface area contributed by atoms with Gasteiger partial charge < -0.3 is 20.1 Å². The van der Waals surface area contributed by atoms with E-state index < -0.39 is 19.0 Å². The van der Waals surface area contributed by atoms with Crippen LogP contribution >= 0.6 is 11.8 Å². The SMILES string of the molecule is Cn1[nH]nc1SCC(=O)NC1Cc2cccc(C(=O)O)c2OB1O. The van der Waals surface area contributed by atoms with Crippen molar-refractivity contribution < 1.29 is 24.4 Å². The standard InChI is InChI=1S/C13H15BN4O5S/c1-18-13(16-17-18)24-6-10(19)15-9-5-7-3-2-4-8(12(20)21)11(7)23-14(9)22/h2-4,9,17,22H,5-6H2,1H3,(H,15,19)(H,20,21). The molecule has 126 valence electrons. The Morgan fingerprint density at radius 1 is 1.58 bits per heavy atom. The molecular weight excluding hydrogens is 335 g/mol. The minimum absolute atomic E-state index is 0.00888. The van der Waals surface area contributed by atoms with E-state index in [1.807, 2.05) is 0 Å². The number of thioether (sulfide) groups is 1. The average molecular weight is 350 g/mol. The summed E-state index contributed by atoms with van der Waals surface area (Å²) in [6.45, 7) is 0. The normalized spacial score (nSPS) is 16.4. The lowest BCUT2D eigenvalue weighted by Gasteiger charge is -2.28. The number of carboxylic acid groups (broad SMARTS) is 1. The van der Waals surface area contributed by atoms with Gasteiger partial charge in [-0.25, -0.2) is 10.0 Å². The Morgan fingerprint density at radius 2 is 2.38 bits per heavy atom. The molecule has 1 aromatic carbocycles. The molecule has 3 rings (SSSR count). The molecule has 1 unspecified atom stereocenters. The topological polar surface area (TPSA) is 129 Å². The van der Waals surface area contributed by atoms with Crippen molar-refractivity contribution in [3.8, 4) is 5.75 Å². The molecule has 0 radical (unpaired) electrons. The minimum atomic E-state index is -1.31. The number of para-hydroxylation sites is 1. The number of nitrogens with one attached hydrogen (secondary N) is 2. The van der Waals surface area contributed by atoms with E-state index in [4.69, 9.17) is 9.76 Å². The smallest absolute Gasteiger partial charge is 0.534 e. The van der Waals surface area contributed by atoms with Crippen molar-refractivity contribution in [1.82, 2.24) is 20.3 Å². The van der Waals surface area contributed by atoms with Crippen LogP contribution in [0.4, 0.5) is 0 Å². The number of hydrogen-bond acceptors (Lipinski definition) is 6. The third kappa shape index (κ3) is 3.26. The van der Waals surface area contributed by atoms with Crippen molar-refractivity contribution in [3.63, 3.8) is 0 Å². The molecule has 0 aliphatic carbocycles. The summed E-state index contributed by atoms with van der Waals surface area (Å²) >= 11 is 1.26. The molecule has 4 N–H and O–H groups in total. The Bertz CT molecular complexity index is 776. The van der Waals surface area contributed by atoms with E-state index in [1.165, 1.54) is 17.8 Å². The summed E-state index contributed by atoms with van der Waals surface area (Å²) in [6, 6.07) is 4.73. The van der Waals surface area contributed by atoms with Crippen LogP contribution in [0.1, 0.15) is 15.9 Å². The highest BCUT2D eigenvalue weighted by Gasteiger charge is 2.37. The molecule has 1 aliphatic heterocycles. The van der Waals surface area contributed by atoms with Crippen LogP contribution in [0, 0.1) is 0 Å². The van der Waals surface area contributed by atoms with Gasteiger partial charge in [-0.1, -0.05) is 23.9 Å². The van der Waals surface area contributed by atoms with Gasteiger partial charge in [0.25, 0.3) is 0 Å². The second-order valence-corrected chi connectivity index (χ2v) is 6.27. The number of H-pyrrole nitrogens is 1. The fourth-order valence-corrected chi connectivity index (χ4v) is 3.10. The monoisotopic (exact) mass is 350 g/mol. The number of carboxylic acids is 1. The van der Waals surface area contributed by atoms with Gasteiger partial charge in [0.05, 0.1) is 17.3 Å². The van der Waals surface area contributed by atoms with Gasteiger partial charge in [0, 0.05) is 7.05 Å². The lowest BCUT2D eigenvalue weighted by Crippen LogP contribution is -2.53. The van der Waals surface area contributed by atoms with Crippen LogP contribution < -0.4 is 9.97 Å². The number of rotatable bonds is 5. The average Bonchev–Trinajstić information content (AvgIpc) is 2.53. The van der Waals surface area contributed by atoms with Gasteiger partial charge in [-0.05, 0) is 18.1 Å². The van der Waals surface area contributed by atoms with Crippen LogP contribution in [0.15, 0.2) is 23.4 Å². The fourth-order valence-electron chi connectivity index (χ4n) is 2.41. The molecule has 2 aromatic rings. The predicted octanol–water partition coefficient (Wildman–Crippen LogP) is -0.322. The van der Waals surface area contributed by atoms with Crippen molar-refractivity contribution in [2.75, 3.05) is 5.75 Å².